The average molecular weight is 585 g/mol. The molecule has 3 nitrogen and oxygen atoms in total. The number of aliphatic hydroxyl groups excluding tert-OH is 2. The Morgan fingerprint density at radius 3 is 2.27 bits per heavy atom. The number of aliphatic hydroxyl groups is 2. The summed E-state index contributed by atoms with van der Waals surface area (Å²) < 4.78 is 0. The van der Waals surface area contributed by atoms with Crippen molar-refractivity contribution >= 4 is 10.8 Å². The summed E-state index contributed by atoms with van der Waals surface area (Å²) in [4.78, 5) is 4.56. The van der Waals surface area contributed by atoms with Crippen LogP contribution in [0.2, 0.25) is 0 Å². The summed E-state index contributed by atoms with van der Waals surface area (Å²) in [6.07, 6.45) is 7.97. The molecule has 3 aromatic rings. The van der Waals surface area contributed by atoms with Gasteiger partial charge in [-0.15, -0.1) is 35.4 Å². The van der Waals surface area contributed by atoms with E-state index in [1.165, 1.54) is 42.0 Å². The molecule has 0 amide bonds. The Labute approximate surface area is 194 Å². The van der Waals surface area contributed by atoms with Crippen LogP contribution >= 0.6 is 0 Å². The summed E-state index contributed by atoms with van der Waals surface area (Å²) in [5, 5.41) is 19.5. The van der Waals surface area contributed by atoms with Crippen molar-refractivity contribution in [2.75, 3.05) is 0 Å². The third kappa shape index (κ3) is 9.05. The average Bonchev–Trinajstić information content (AvgIpc) is 2.71. The number of pyridine rings is 1. The minimum absolute atomic E-state index is 0. The van der Waals surface area contributed by atoms with Crippen molar-refractivity contribution in [3.63, 3.8) is 0 Å². The van der Waals surface area contributed by atoms with Crippen LogP contribution in [0.1, 0.15) is 58.4 Å². The van der Waals surface area contributed by atoms with Crippen LogP contribution in [0.3, 0.4) is 0 Å². The summed E-state index contributed by atoms with van der Waals surface area (Å²) in [6, 6.07) is 20.4. The molecule has 0 aliphatic rings. The van der Waals surface area contributed by atoms with Crippen molar-refractivity contribution in [3.05, 3.63) is 66.4 Å². The number of fused-ring (bicyclic) bond motifs is 1. The first-order chi connectivity index (χ1) is 14.0. The molecule has 1 heterocycles. The van der Waals surface area contributed by atoms with E-state index in [1.807, 2.05) is 6.20 Å². The van der Waals surface area contributed by atoms with Gasteiger partial charge in [-0.25, -0.2) is 0 Å². The number of benzene rings is 2. The smallest absolute Gasteiger partial charge is 0.0536 e. The molecule has 3 rings (SSSR count). The first-order valence-electron chi connectivity index (χ1n) is 10.7. The van der Waals surface area contributed by atoms with Gasteiger partial charge in [0.25, 0.3) is 0 Å². The molecule has 2 unspecified atom stereocenters. The Morgan fingerprint density at radius 1 is 0.933 bits per heavy atom. The molecule has 0 saturated carbocycles. The number of unbranched alkanes of at least 4 members (excludes halogenated alkanes) is 3. The fourth-order valence-corrected chi connectivity index (χ4v) is 3.34. The molecule has 0 aliphatic carbocycles. The Morgan fingerprint density at radius 2 is 1.67 bits per heavy atom. The SMILES string of the molecule is CC(O)CC(C)O.CCCCCCc1c[c-]c(-c2nccc3ccccc23)cc1.[Ir]. The summed E-state index contributed by atoms with van der Waals surface area (Å²) in [7, 11) is 0. The van der Waals surface area contributed by atoms with Crippen LogP contribution in [0.5, 0.6) is 0 Å². The number of nitrogens with zero attached hydrogens (tertiary/aromatic N) is 1. The molecule has 2 N–H and O–H groups in total. The Balaban J connectivity index is 0.000000489. The van der Waals surface area contributed by atoms with E-state index in [0.717, 1.165) is 17.7 Å². The topological polar surface area (TPSA) is 53.4 Å². The van der Waals surface area contributed by atoms with Gasteiger partial charge in [0.1, 0.15) is 0 Å². The minimum Gasteiger partial charge on any atom is -0.393 e. The second-order valence-electron chi connectivity index (χ2n) is 7.74. The van der Waals surface area contributed by atoms with Crippen LogP contribution in [0.15, 0.2) is 54.7 Å². The Kier molecular flexibility index (Phi) is 12.7. The molecule has 30 heavy (non-hydrogen) atoms. The van der Waals surface area contributed by atoms with Crippen molar-refractivity contribution in [1.82, 2.24) is 4.98 Å². The van der Waals surface area contributed by atoms with Gasteiger partial charge in [0.15, 0.2) is 0 Å². The molecule has 0 saturated heterocycles. The van der Waals surface area contributed by atoms with Crippen molar-refractivity contribution in [2.24, 2.45) is 0 Å². The fraction of sp³-hybridized carbons (Fsp3) is 0.423. The number of hydrogen-bond donors (Lipinski definition) is 2. The van der Waals surface area contributed by atoms with Crippen molar-refractivity contribution in [1.29, 1.82) is 0 Å². The summed E-state index contributed by atoms with van der Waals surface area (Å²) in [6.45, 7) is 5.57. The number of rotatable bonds is 8. The predicted octanol–water partition coefficient (Wildman–Crippen LogP) is 5.96. The van der Waals surface area contributed by atoms with E-state index >= 15 is 0 Å². The van der Waals surface area contributed by atoms with Gasteiger partial charge in [0, 0.05) is 26.3 Å². The molecular weight excluding hydrogens is 551 g/mol. The molecule has 2 atom stereocenters. The zero-order valence-electron chi connectivity index (χ0n) is 18.3. The summed E-state index contributed by atoms with van der Waals surface area (Å²) in [5.41, 5.74) is 3.48. The van der Waals surface area contributed by atoms with Crippen molar-refractivity contribution < 1.29 is 30.3 Å². The predicted molar refractivity (Wildman–Crippen MR) is 122 cm³/mol. The van der Waals surface area contributed by atoms with Gasteiger partial charge in [-0.05, 0) is 42.8 Å². The number of hydrogen-bond acceptors (Lipinski definition) is 3. The molecule has 1 radical (unpaired) electrons. The van der Waals surface area contributed by atoms with E-state index in [9.17, 15) is 0 Å². The standard InChI is InChI=1S/C21H22N.C5H12O2.Ir/c1-2-3-4-5-8-17-11-13-19(14-12-17)21-20-10-7-6-9-18(20)15-16-22-21;1-4(6)3-5(2)7;/h6-7,9-13,15-16H,2-5,8H2,1H3;4-7H,3H2,1-2H3;/q-1;;. The van der Waals surface area contributed by atoms with Gasteiger partial charge < -0.3 is 15.2 Å². The monoisotopic (exact) mass is 585 g/mol. The van der Waals surface area contributed by atoms with Gasteiger partial charge in [-0.2, -0.15) is 0 Å². The molecule has 0 spiro atoms. The van der Waals surface area contributed by atoms with Crippen LogP contribution < -0.4 is 0 Å². The van der Waals surface area contributed by atoms with Crippen molar-refractivity contribution in [2.45, 2.75) is 71.5 Å². The molecular formula is C26H34IrNO2-. The van der Waals surface area contributed by atoms with E-state index < -0.39 is 0 Å². The quantitative estimate of drug-likeness (QED) is 0.254. The van der Waals surface area contributed by atoms with Gasteiger partial charge >= 0.3 is 0 Å². The maximum Gasteiger partial charge on any atom is 0.0536 e. The third-order valence-corrected chi connectivity index (χ3v) is 4.81. The molecule has 0 fully saturated rings. The minimum atomic E-state index is -0.375. The molecule has 0 aliphatic heterocycles. The number of aryl methyl sites for hydroxylation is 1. The van der Waals surface area contributed by atoms with E-state index in [2.05, 4.69) is 66.5 Å². The number of aromatic nitrogens is 1. The van der Waals surface area contributed by atoms with Crippen LogP contribution in [-0.4, -0.2) is 27.4 Å². The van der Waals surface area contributed by atoms with Gasteiger partial charge in [-0.1, -0.05) is 63.3 Å². The molecule has 2 aromatic carbocycles. The summed E-state index contributed by atoms with van der Waals surface area (Å²) >= 11 is 0. The summed E-state index contributed by atoms with van der Waals surface area (Å²) in [5.74, 6) is 0. The van der Waals surface area contributed by atoms with Crippen LogP contribution in [0.25, 0.3) is 22.0 Å². The van der Waals surface area contributed by atoms with Gasteiger partial charge in [0.2, 0.25) is 0 Å². The first kappa shape index (κ1) is 26.5. The fourth-order valence-electron chi connectivity index (χ4n) is 3.34. The van der Waals surface area contributed by atoms with Crippen LogP contribution in [0.4, 0.5) is 0 Å². The van der Waals surface area contributed by atoms with E-state index in [1.54, 1.807) is 13.8 Å². The third-order valence-electron chi connectivity index (χ3n) is 4.81. The maximum absolute atomic E-state index is 8.56. The second kappa shape index (κ2) is 14.4. The maximum atomic E-state index is 8.56. The Hall–Kier alpha value is -1.58. The Bertz CT molecular complexity index is 836. The second-order valence-corrected chi connectivity index (χ2v) is 7.74. The first-order valence-corrected chi connectivity index (χ1v) is 10.7. The van der Waals surface area contributed by atoms with E-state index in [4.69, 9.17) is 10.2 Å². The van der Waals surface area contributed by atoms with Gasteiger partial charge in [0.05, 0.1) is 12.2 Å². The van der Waals surface area contributed by atoms with E-state index in [-0.39, 0.29) is 32.3 Å². The molecule has 0 bridgehead atoms. The van der Waals surface area contributed by atoms with E-state index in [0.29, 0.717) is 6.42 Å². The zero-order valence-corrected chi connectivity index (χ0v) is 20.7. The molecule has 165 valence electrons. The molecule has 4 heteroatoms. The largest absolute Gasteiger partial charge is 0.393 e. The van der Waals surface area contributed by atoms with Crippen molar-refractivity contribution in [3.8, 4) is 11.3 Å². The normalized spacial score (nSPS) is 12.4. The van der Waals surface area contributed by atoms with Crippen LogP contribution in [0, 0.1) is 6.07 Å². The zero-order chi connectivity index (χ0) is 21.1. The molecule has 1 aromatic heterocycles. The van der Waals surface area contributed by atoms with Crippen LogP contribution in [-0.2, 0) is 26.5 Å². The van der Waals surface area contributed by atoms with Gasteiger partial charge in [-0.3, -0.25) is 0 Å².